The van der Waals surface area contributed by atoms with Crippen LogP contribution in [0.4, 0.5) is 0 Å². The number of hydrogen-bond donors (Lipinski definition) is 0. The smallest absolute Gasteiger partial charge is 0.265 e. The van der Waals surface area contributed by atoms with Crippen molar-refractivity contribution < 1.29 is 4.79 Å². The van der Waals surface area contributed by atoms with Gasteiger partial charge < -0.3 is 4.90 Å². The average Bonchev–Trinajstić information content (AvgIpc) is 2.66. The molecule has 5 nitrogen and oxygen atoms in total. The average molecular weight is 370 g/mol. The molecule has 0 saturated heterocycles. The Labute approximate surface area is 156 Å². The number of rotatable bonds is 5. The third-order valence-corrected chi connectivity index (χ3v) is 4.63. The van der Waals surface area contributed by atoms with Crippen molar-refractivity contribution in [2.45, 2.75) is 20.4 Å². The Hall–Kier alpha value is -2.66. The number of fused-ring (bicyclic) bond motifs is 1. The molecule has 2 aromatic heterocycles. The van der Waals surface area contributed by atoms with Gasteiger partial charge in [-0.1, -0.05) is 23.7 Å². The molecule has 3 rings (SSSR count). The fourth-order valence-corrected chi connectivity index (χ4v) is 3.09. The molecule has 0 aliphatic rings. The van der Waals surface area contributed by atoms with Crippen molar-refractivity contribution in [1.29, 1.82) is 0 Å². The molecule has 0 fully saturated rings. The summed E-state index contributed by atoms with van der Waals surface area (Å²) in [5.74, 6) is -0.254. The van der Waals surface area contributed by atoms with Gasteiger partial charge in [-0.2, -0.15) is 0 Å². The summed E-state index contributed by atoms with van der Waals surface area (Å²) in [6, 6.07) is 12.6. The van der Waals surface area contributed by atoms with Crippen molar-refractivity contribution in [2.24, 2.45) is 0 Å². The predicted octanol–water partition coefficient (Wildman–Crippen LogP) is 3.58. The zero-order chi connectivity index (χ0) is 18.7. The van der Waals surface area contributed by atoms with Crippen LogP contribution >= 0.6 is 11.6 Å². The Morgan fingerprint density at radius 2 is 1.85 bits per heavy atom. The lowest BCUT2D eigenvalue weighted by atomic mass is 10.1. The number of pyridine rings is 2. The molecular formula is C20H20ClN3O2. The van der Waals surface area contributed by atoms with E-state index in [-0.39, 0.29) is 17.0 Å². The van der Waals surface area contributed by atoms with Crippen LogP contribution in [0.3, 0.4) is 0 Å². The number of halogens is 1. The molecule has 0 bridgehead atoms. The maximum atomic E-state index is 13.1. The minimum Gasteiger partial charge on any atom is -0.339 e. The molecule has 0 spiro atoms. The lowest BCUT2D eigenvalue weighted by Gasteiger charge is -2.19. The standard InChI is InChI=1S/C20H20ClN3O2/c1-3-23(4-2)19(25)17-12-15-6-5-11-22-18(15)24(20(17)26)13-14-7-9-16(21)10-8-14/h5-12H,3-4,13H2,1-2H3. The van der Waals surface area contributed by atoms with Crippen LogP contribution in [0.15, 0.2) is 53.5 Å². The molecule has 1 amide bonds. The third-order valence-electron chi connectivity index (χ3n) is 4.38. The highest BCUT2D eigenvalue weighted by Crippen LogP contribution is 2.15. The first-order chi connectivity index (χ1) is 12.5. The Morgan fingerprint density at radius 1 is 1.15 bits per heavy atom. The highest BCUT2D eigenvalue weighted by Gasteiger charge is 2.20. The lowest BCUT2D eigenvalue weighted by Crippen LogP contribution is -2.37. The van der Waals surface area contributed by atoms with Crippen molar-refractivity contribution in [3.05, 3.63) is 75.2 Å². The van der Waals surface area contributed by atoms with E-state index in [4.69, 9.17) is 11.6 Å². The summed E-state index contributed by atoms with van der Waals surface area (Å²) in [7, 11) is 0. The second kappa shape index (κ2) is 7.70. The number of carbonyl (C=O) groups excluding carboxylic acids is 1. The predicted molar refractivity (Wildman–Crippen MR) is 104 cm³/mol. The maximum absolute atomic E-state index is 13.1. The molecule has 2 heterocycles. The SMILES string of the molecule is CCN(CC)C(=O)c1cc2cccnc2n(Cc2ccc(Cl)cc2)c1=O. The van der Waals surface area contributed by atoms with Gasteiger partial charge in [0.1, 0.15) is 11.2 Å². The molecule has 1 aromatic carbocycles. The summed E-state index contributed by atoms with van der Waals surface area (Å²) in [5, 5.41) is 1.39. The van der Waals surface area contributed by atoms with Crippen LogP contribution in [0.25, 0.3) is 11.0 Å². The van der Waals surface area contributed by atoms with Gasteiger partial charge >= 0.3 is 0 Å². The molecule has 0 atom stereocenters. The minimum absolute atomic E-state index is 0.170. The number of carbonyl (C=O) groups is 1. The van der Waals surface area contributed by atoms with Crippen molar-refractivity contribution >= 4 is 28.5 Å². The van der Waals surface area contributed by atoms with Crippen LogP contribution in [0.1, 0.15) is 29.8 Å². The van der Waals surface area contributed by atoms with Crippen molar-refractivity contribution in [2.75, 3.05) is 13.1 Å². The van der Waals surface area contributed by atoms with E-state index < -0.39 is 0 Å². The second-order valence-corrected chi connectivity index (χ2v) is 6.41. The van der Waals surface area contributed by atoms with E-state index in [0.717, 1.165) is 10.9 Å². The molecule has 3 aromatic rings. The fraction of sp³-hybridized carbons (Fsp3) is 0.250. The van der Waals surface area contributed by atoms with Crippen LogP contribution < -0.4 is 5.56 Å². The van der Waals surface area contributed by atoms with Gasteiger partial charge in [0.25, 0.3) is 11.5 Å². The van der Waals surface area contributed by atoms with Gasteiger partial charge in [-0.3, -0.25) is 14.2 Å². The van der Waals surface area contributed by atoms with E-state index in [9.17, 15) is 9.59 Å². The zero-order valence-corrected chi connectivity index (χ0v) is 15.5. The molecule has 0 saturated carbocycles. The lowest BCUT2D eigenvalue weighted by molar-refractivity contribution is 0.0771. The summed E-state index contributed by atoms with van der Waals surface area (Å²) in [6.07, 6.45) is 1.64. The summed E-state index contributed by atoms with van der Waals surface area (Å²) >= 11 is 5.94. The minimum atomic E-state index is -0.331. The van der Waals surface area contributed by atoms with Gasteiger partial charge in [-0.25, -0.2) is 4.98 Å². The van der Waals surface area contributed by atoms with Crippen LogP contribution in [0, 0.1) is 0 Å². The molecule has 0 aliphatic heterocycles. The first-order valence-corrected chi connectivity index (χ1v) is 8.95. The van der Waals surface area contributed by atoms with Gasteiger partial charge in [0.2, 0.25) is 0 Å². The summed E-state index contributed by atoms with van der Waals surface area (Å²) in [6.45, 7) is 5.23. The van der Waals surface area contributed by atoms with Gasteiger partial charge in [-0.15, -0.1) is 0 Å². The largest absolute Gasteiger partial charge is 0.339 e. The normalized spacial score (nSPS) is 10.9. The number of benzene rings is 1. The molecular weight excluding hydrogens is 350 g/mol. The van der Waals surface area contributed by atoms with Gasteiger partial charge in [-0.05, 0) is 49.7 Å². The zero-order valence-electron chi connectivity index (χ0n) is 14.8. The maximum Gasteiger partial charge on any atom is 0.265 e. The van der Waals surface area contributed by atoms with E-state index >= 15 is 0 Å². The molecule has 26 heavy (non-hydrogen) atoms. The number of hydrogen-bond acceptors (Lipinski definition) is 3. The first kappa shape index (κ1) is 18.1. The monoisotopic (exact) mass is 369 g/mol. The van der Waals surface area contributed by atoms with E-state index in [2.05, 4.69) is 4.98 Å². The molecule has 6 heteroatoms. The van der Waals surface area contributed by atoms with E-state index in [1.165, 1.54) is 0 Å². The Bertz CT molecular complexity index is 992. The van der Waals surface area contributed by atoms with Crippen LogP contribution in [0.5, 0.6) is 0 Å². The summed E-state index contributed by atoms with van der Waals surface area (Å²) in [5.41, 5.74) is 1.31. The fourth-order valence-electron chi connectivity index (χ4n) is 2.96. The quantitative estimate of drug-likeness (QED) is 0.690. The highest BCUT2D eigenvalue weighted by molar-refractivity contribution is 6.30. The third kappa shape index (κ3) is 3.48. The van der Waals surface area contributed by atoms with Gasteiger partial charge in [0.15, 0.2) is 0 Å². The number of nitrogens with zero attached hydrogens (tertiary/aromatic N) is 3. The molecule has 0 radical (unpaired) electrons. The van der Waals surface area contributed by atoms with Gasteiger partial charge in [0, 0.05) is 29.7 Å². The molecule has 0 aliphatic carbocycles. The highest BCUT2D eigenvalue weighted by atomic mass is 35.5. The second-order valence-electron chi connectivity index (χ2n) is 5.97. The van der Waals surface area contributed by atoms with Crippen LogP contribution in [-0.2, 0) is 6.54 Å². The Balaban J connectivity index is 2.17. The van der Waals surface area contributed by atoms with Crippen molar-refractivity contribution in [3.8, 4) is 0 Å². The van der Waals surface area contributed by atoms with Crippen molar-refractivity contribution in [3.63, 3.8) is 0 Å². The Morgan fingerprint density at radius 3 is 2.50 bits per heavy atom. The summed E-state index contributed by atoms with van der Waals surface area (Å²) in [4.78, 5) is 31.9. The molecule has 0 unspecified atom stereocenters. The number of amides is 1. The van der Waals surface area contributed by atoms with E-state index in [1.54, 1.807) is 39.9 Å². The van der Waals surface area contributed by atoms with E-state index in [0.29, 0.717) is 30.3 Å². The topological polar surface area (TPSA) is 55.2 Å². The van der Waals surface area contributed by atoms with Crippen molar-refractivity contribution in [1.82, 2.24) is 14.5 Å². The molecule has 0 N–H and O–H groups in total. The van der Waals surface area contributed by atoms with Crippen LogP contribution in [0.2, 0.25) is 5.02 Å². The first-order valence-electron chi connectivity index (χ1n) is 8.57. The van der Waals surface area contributed by atoms with E-state index in [1.807, 2.05) is 32.0 Å². The van der Waals surface area contributed by atoms with Gasteiger partial charge in [0.05, 0.1) is 6.54 Å². The van der Waals surface area contributed by atoms with Crippen LogP contribution in [-0.4, -0.2) is 33.4 Å². The Kier molecular flexibility index (Phi) is 5.38. The summed E-state index contributed by atoms with van der Waals surface area (Å²) < 4.78 is 1.55. The molecule has 134 valence electrons. The number of aromatic nitrogens is 2.